The molecule has 3 heteroatoms. The zero-order valence-electron chi connectivity index (χ0n) is 14.8. The van der Waals surface area contributed by atoms with Crippen molar-refractivity contribution in [3.63, 3.8) is 0 Å². The lowest BCUT2D eigenvalue weighted by Gasteiger charge is -2.16. The predicted octanol–water partition coefficient (Wildman–Crippen LogP) is 4.95. The largest absolute Gasteiger partial charge is 0.298 e. The third-order valence-corrected chi connectivity index (χ3v) is 4.54. The van der Waals surface area contributed by atoms with E-state index in [1.165, 1.54) is 27.8 Å². The summed E-state index contributed by atoms with van der Waals surface area (Å²) in [6.07, 6.45) is 1.84. The van der Waals surface area contributed by atoms with Crippen LogP contribution >= 0.6 is 0 Å². The maximum Gasteiger partial charge on any atom is 0.159 e. The Labute approximate surface area is 143 Å². The molecule has 0 saturated heterocycles. The molecular weight excluding hydrogens is 294 g/mol. The molecule has 2 aromatic carbocycles. The van der Waals surface area contributed by atoms with Gasteiger partial charge < -0.3 is 0 Å². The van der Waals surface area contributed by atoms with E-state index in [1.54, 1.807) is 0 Å². The van der Waals surface area contributed by atoms with Crippen molar-refractivity contribution in [1.82, 2.24) is 9.55 Å². The normalized spacial score (nSPS) is 10.7. The van der Waals surface area contributed by atoms with E-state index in [0.717, 1.165) is 17.1 Å². The Bertz CT molecular complexity index is 948. The summed E-state index contributed by atoms with van der Waals surface area (Å²) >= 11 is 0. The second-order valence-electron chi connectivity index (χ2n) is 6.43. The quantitative estimate of drug-likeness (QED) is 0.671. The average Bonchev–Trinajstić information content (AvgIpc) is 2.93. The van der Waals surface area contributed by atoms with Gasteiger partial charge in [-0.05, 0) is 56.9 Å². The summed E-state index contributed by atoms with van der Waals surface area (Å²) in [5.41, 5.74) is 8.62. The minimum absolute atomic E-state index is 0.435. The van der Waals surface area contributed by atoms with Crippen molar-refractivity contribution in [3.05, 3.63) is 70.0 Å². The minimum atomic E-state index is 0.435. The maximum absolute atomic E-state index is 9.35. The van der Waals surface area contributed by atoms with E-state index in [4.69, 9.17) is 0 Å². The molecule has 3 aromatic rings. The number of nitrogens with zero attached hydrogens (tertiary/aromatic N) is 3. The first-order chi connectivity index (χ1) is 11.4. The number of aromatic nitrogens is 2. The zero-order valence-corrected chi connectivity index (χ0v) is 14.8. The van der Waals surface area contributed by atoms with E-state index in [-0.39, 0.29) is 0 Å². The van der Waals surface area contributed by atoms with Gasteiger partial charge in [-0.25, -0.2) is 4.98 Å². The average molecular weight is 315 g/mol. The molecule has 3 rings (SSSR count). The van der Waals surface area contributed by atoms with Gasteiger partial charge in [-0.15, -0.1) is 0 Å². The second-order valence-corrected chi connectivity index (χ2v) is 6.43. The molecule has 0 N–H and O–H groups in total. The molecule has 0 unspecified atom stereocenters. The van der Waals surface area contributed by atoms with Gasteiger partial charge >= 0.3 is 0 Å². The standard InChI is InChI=1S/C21H21N3/c1-13-9-15(3)20(16(4)10-13)24-12-18(11-22)23-21(24)19-8-6-7-14(2)17(19)5/h6-10,12H,1-5H3. The number of aryl methyl sites for hydroxylation is 4. The van der Waals surface area contributed by atoms with Crippen molar-refractivity contribution in [2.45, 2.75) is 34.6 Å². The monoisotopic (exact) mass is 315 g/mol. The Morgan fingerprint density at radius 2 is 1.62 bits per heavy atom. The summed E-state index contributed by atoms with van der Waals surface area (Å²) < 4.78 is 2.06. The Hall–Kier alpha value is -2.86. The summed E-state index contributed by atoms with van der Waals surface area (Å²) in [5.74, 6) is 0.822. The molecule has 0 spiro atoms. The summed E-state index contributed by atoms with van der Waals surface area (Å²) in [5, 5.41) is 9.35. The van der Waals surface area contributed by atoms with Gasteiger partial charge in [-0.2, -0.15) is 5.26 Å². The van der Waals surface area contributed by atoms with Crippen LogP contribution in [0.25, 0.3) is 17.1 Å². The lowest BCUT2D eigenvalue weighted by Crippen LogP contribution is -2.03. The third-order valence-electron chi connectivity index (χ3n) is 4.54. The molecule has 120 valence electrons. The molecule has 1 heterocycles. The smallest absolute Gasteiger partial charge is 0.159 e. The summed E-state index contributed by atoms with van der Waals surface area (Å²) in [4.78, 5) is 4.58. The maximum atomic E-state index is 9.35. The minimum Gasteiger partial charge on any atom is -0.298 e. The van der Waals surface area contributed by atoms with Gasteiger partial charge in [0.25, 0.3) is 0 Å². The van der Waals surface area contributed by atoms with Crippen molar-refractivity contribution < 1.29 is 0 Å². The Morgan fingerprint density at radius 3 is 2.25 bits per heavy atom. The highest BCUT2D eigenvalue weighted by Crippen LogP contribution is 2.30. The molecule has 1 aromatic heterocycles. The van der Waals surface area contributed by atoms with Crippen LogP contribution in [0.3, 0.4) is 0 Å². The van der Waals surface area contributed by atoms with Gasteiger partial charge in [0.05, 0.1) is 5.69 Å². The highest BCUT2D eigenvalue weighted by Gasteiger charge is 2.17. The van der Waals surface area contributed by atoms with Crippen LogP contribution in [0.4, 0.5) is 0 Å². The van der Waals surface area contributed by atoms with Crippen LogP contribution in [0.2, 0.25) is 0 Å². The lowest BCUT2D eigenvalue weighted by molar-refractivity contribution is 1.02. The van der Waals surface area contributed by atoms with E-state index in [0.29, 0.717) is 5.69 Å². The van der Waals surface area contributed by atoms with Gasteiger partial charge in [0.2, 0.25) is 0 Å². The van der Waals surface area contributed by atoms with Crippen LogP contribution in [-0.2, 0) is 0 Å². The van der Waals surface area contributed by atoms with E-state index in [2.05, 4.69) is 74.5 Å². The first kappa shape index (κ1) is 16.0. The Balaban J connectivity index is 2.34. The Kier molecular flexibility index (Phi) is 3.99. The summed E-state index contributed by atoms with van der Waals surface area (Å²) in [6, 6.07) is 12.7. The van der Waals surface area contributed by atoms with Crippen molar-refractivity contribution in [1.29, 1.82) is 5.26 Å². The van der Waals surface area contributed by atoms with Crippen molar-refractivity contribution in [2.24, 2.45) is 0 Å². The fraction of sp³-hybridized carbons (Fsp3) is 0.238. The number of hydrogen-bond donors (Lipinski definition) is 0. The molecule has 0 fully saturated rings. The van der Waals surface area contributed by atoms with Gasteiger partial charge in [0.1, 0.15) is 11.9 Å². The molecule has 0 radical (unpaired) electrons. The molecule has 0 aliphatic heterocycles. The SMILES string of the molecule is Cc1cc(C)c(-n2cc(C#N)nc2-c2cccc(C)c2C)c(C)c1. The summed E-state index contributed by atoms with van der Waals surface area (Å²) in [6.45, 7) is 10.5. The second kappa shape index (κ2) is 5.98. The van der Waals surface area contributed by atoms with E-state index in [9.17, 15) is 5.26 Å². The molecule has 0 amide bonds. The number of nitriles is 1. The van der Waals surface area contributed by atoms with Crippen molar-refractivity contribution in [2.75, 3.05) is 0 Å². The first-order valence-electron chi connectivity index (χ1n) is 8.06. The molecule has 3 nitrogen and oxygen atoms in total. The third kappa shape index (κ3) is 2.61. The van der Waals surface area contributed by atoms with Crippen LogP contribution in [0.15, 0.2) is 36.5 Å². The van der Waals surface area contributed by atoms with Gasteiger partial charge in [-0.1, -0.05) is 35.9 Å². The number of benzene rings is 2. The van der Waals surface area contributed by atoms with Crippen LogP contribution < -0.4 is 0 Å². The molecule has 0 saturated carbocycles. The molecule has 0 atom stereocenters. The molecule has 0 bridgehead atoms. The van der Waals surface area contributed by atoms with E-state index < -0.39 is 0 Å². The van der Waals surface area contributed by atoms with Crippen LogP contribution in [0, 0.1) is 45.9 Å². The topological polar surface area (TPSA) is 41.6 Å². The number of rotatable bonds is 2. The van der Waals surface area contributed by atoms with Gasteiger partial charge in [0, 0.05) is 11.8 Å². The fourth-order valence-corrected chi connectivity index (χ4v) is 3.34. The van der Waals surface area contributed by atoms with Crippen LogP contribution in [-0.4, -0.2) is 9.55 Å². The number of imidazole rings is 1. The van der Waals surface area contributed by atoms with Crippen LogP contribution in [0.5, 0.6) is 0 Å². The fourth-order valence-electron chi connectivity index (χ4n) is 3.34. The molecule has 0 aliphatic carbocycles. The molecular formula is C21H21N3. The van der Waals surface area contributed by atoms with Gasteiger partial charge in [0.15, 0.2) is 5.69 Å². The molecule has 0 aliphatic rings. The zero-order chi connectivity index (χ0) is 17.4. The highest BCUT2D eigenvalue weighted by molar-refractivity contribution is 5.67. The van der Waals surface area contributed by atoms with E-state index >= 15 is 0 Å². The predicted molar refractivity (Wildman–Crippen MR) is 97.4 cm³/mol. The Morgan fingerprint density at radius 1 is 0.958 bits per heavy atom. The number of hydrogen-bond acceptors (Lipinski definition) is 2. The molecule has 24 heavy (non-hydrogen) atoms. The highest BCUT2D eigenvalue weighted by atomic mass is 15.1. The van der Waals surface area contributed by atoms with Crippen molar-refractivity contribution >= 4 is 0 Å². The summed E-state index contributed by atoms with van der Waals surface area (Å²) in [7, 11) is 0. The first-order valence-corrected chi connectivity index (χ1v) is 8.06. The van der Waals surface area contributed by atoms with Crippen molar-refractivity contribution in [3.8, 4) is 23.1 Å². The van der Waals surface area contributed by atoms with Crippen LogP contribution in [0.1, 0.15) is 33.5 Å². The lowest BCUT2D eigenvalue weighted by atomic mass is 10.0. The van der Waals surface area contributed by atoms with E-state index in [1.807, 2.05) is 12.3 Å². The van der Waals surface area contributed by atoms with Gasteiger partial charge in [-0.3, -0.25) is 4.57 Å².